The Morgan fingerprint density at radius 3 is 2.39 bits per heavy atom. The van der Waals surface area contributed by atoms with Crippen LogP contribution in [0.2, 0.25) is 0 Å². The second kappa shape index (κ2) is 6.36. The largest absolute Gasteiger partial charge is 0.477 e. The van der Waals surface area contributed by atoms with E-state index in [0.29, 0.717) is 10.6 Å². The molecule has 0 radical (unpaired) electrons. The quantitative estimate of drug-likeness (QED) is 0.719. The molecular formula is C17H13NO3S2. The van der Waals surface area contributed by atoms with E-state index in [-0.39, 0.29) is 10.8 Å². The highest BCUT2D eigenvalue weighted by Crippen LogP contribution is 2.35. The first-order chi connectivity index (χ1) is 11.0. The van der Waals surface area contributed by atoms with E-state index in [1.54, 1.807) is 12.1 Å². The van der Waals surface area contributed by atoms with Gasteiger partial charge in [0.15, 0.2) is 0 Å². The molecule has 0 atom stereocenters. The number of anilines is 1. The highest BCUT2D eigenvalue weighted by molar-refractivity contribution is 7.18. The van der Waals surface area contributed by atoms with Crippen LogP contribution in [0.5, 0.6) is 0 Å². The molecule has 0 bridgehead atoms. The zero-order valence-electron chi connectivity index (χ0n) is 12.2. The van der Waals surface area contributed by atoms with Gasteiger partial charge < -0.3 is 10.4 Å². The molecule has 0 saturated carbocycles. The van der Waals surface area contributed by atoms with Crippen LogP contribution in [0, 0.1) is 6.92 Å². The van der Waals surface area contributed by atoms with Gasteiger partial charge in [-0.05, 0) is 30.7 Å². The lowest BCUT2D eigenvalue weighted by atomic mass is 10.2. The number of amides is 1. The topological polar surface area (TPSA) is 66.4 Å². The van der Waals surface area contributed by atoms with Crippen LogP contribution in [0.1, 0.15) is 24.2 Å². The molecule has 0 aliphatic rings. The van der Waals surface area contributed by atoms with Crippen molar-refractivity contribution in [1.82, 2.24) is 0 Å². The summed E-state index contributed by atoms with van der Waals surface area (Å²) in [4.78, 5) is 26.2. The molecule has 2 N–H and O–H groups in total. The summed E-state index contributed by atoms with van der Waals surface area (Å²) in [5.41, 5.74) is 1.25. The van der Waals surface area contributed by atoms with Gasteiger partial charge in [-0.15, -0.1) is 22.7 Å². The second-order valence-corrected chi connectivity index (χ2v) is 7.23. The molecule has 0 spiro atoms. The van der Waals surface area contributed by atoms with E-state index in [2.05, 4.69) is 5.32 Å². The van der Waals surface area contributed by atoms with E-state index >= 15 is 0 Å². The standard InChI is InChI=1S/C17H13NO3S2/c1-10-7-8-13(22-10)16(19)18-12-9-14(23-15(12)17(20)21)11-5-3-2-4-6-11/h2-9H,1H3,(H,18,19)(H,20,21). The number of hydrogen-bond acceptors (Lipinski definition) is 4. The fourth-order valence-corrected chi connectivity index (χ4v) is 3.85. The molecule has 1 aromatic carbocycles. The normalized spacial score (nSPS) is 10.5. The summed E-state index contributed by atoms with van der Waals surface area (Å²) in [7, 11) is 0. The first kappa shape index (κ1) is 15.5. The van der Waals surface area contributed by atoms with E-state index in [0.717, 1.165) is 26.7 Å². The maximum absolute atomic E-state index is 12.3. The molecule has 0 fully saturated rings. The Hall–Kier alpha value is -2.44. The number of hydrogen-bond donors (Lipinski definition) is 2. The van der Waals surface area contributed by atoms with Gasteiger partial charge in [0.05, 0.1) is 10.6 Å². The first-order valence-electron chi connectivity index (χ1n) is 6.85. The Morgan fingerprint density at radius 2 is 1.78 bits per heavy atom. The molecule has 3 aromatic rings. The van der Waals surface area contributed by atoms with E-state index in [9.17, 15) is 14.7 Å². The van der Waals surface area contributed by atoms with E-state index < -0.39 is 5.97 Å². The molecule has 0 saturated heterocycles. The van der Waals surface area contributed by atoms with E-state index in [1.165, 1.54) is 11.3 Å². The van der Waals surface area contributed by atoms with Gasteiger partial charge >= 0.3 is 5.97 Å². The van der Waals surface area contributed by atoms with Crippen molar-refractivity contribution in [2.45, 2.75) is 6.92 Å². The van der Waals surface area contributed by atoms with Crippen LogP contribution in [0.15, 0.2) is 48.5 Å². The molecule has 1 amide bonds. The van der Waals surface area contributed by atoms with Crippen molar-refractivity contribution in [3.05, 3.63) is 63.2 Å². The third kappa shape index (κ3) is 3.33. The van der Waals surface area contributed by atoms with Gasteiger partial charge in [-0.25, -0.2) is 4.79 Å². The fourth-order valence-electron chi connectivity index (χ4n) is 2.13. The van der Waals surface area contributed by atoms with Crippen LogP contribution < -0.4 is 5.32 Å². The zero-order valence-corrected chi connectivity index (χ0v) is 13.8. The van der Waals surface area contributed by atoms with Gasteiger partial charge in [0.2, 0.25) is 0 Å². The lowest BCUT2D eigenvalue weighted by Gasteiger charge is -2.02. The summed E-state index contributed by atoms with van der Waals surface area (Å²) in [5.74, 6) is -1.34. The zero-order chi connectivity index (χ0) is 16.4. The van der Waals surface area contributed by atoms with Crippen molar-refractivity contribution >= 4 is 40.2 Å². The Morgan fingerprint density at radius 1 is 1.04 bits per heavy atom. The van der Waals surface area contributed by atoms with Crippen molar-refractivity contribution in [2.75, 3.05) is 5.32 Å². The Bertz CT molecular complexity index is 865. The third-order valence-corrected chi connectivity index (χ3v) is 5.37. The molecule has 0 aliphatic carbocycles. The van der Waals surface area contributed by atoms with Crippen molar-refractivity contribution < 1.29 is 14.7 Å². The predicted octanol–water partition coefficient (Wildman–Crippen LogP) is 4.74. The van der Waals surface area contributed by atoms with Gasteiger partial charge in [0.25, 0.3) is 5.91 Å². The molecule has 0 unspecified atom stereocenters. The number of carboxylic acids is 1. The minimum atomic E-state index is -1.05. The average molecular weight is 343 g/mol. The van der Waals surface area contributed by atoms with Crippen molar-refractivity contribution in [2.24, 2.45) is 0 Å². The minimum absolute atomic E-state index is 0.130. The summed E-state index contributed by atoms with van der Waals surface area (Å²) in [6.45, 7) is 1.92. The summed E-state index contributed by atoms with van der Waals surface area (Å²) in [6, 6.07) is 14.8. The number of thiophene rings is 2. The second-order valence-electron chi connectivity index (χ2n) is 4.89. The first-order valence-corrected chi connectivity index (χ1v) is 8.48. The number of carboxylic acid groups (broad SMARTS) is 1. The molecule has 2 aromatic heterocycles. The molecular weight excluding hydrogens is 330 g/mol. The minimum Gasteiger partial charge on any atom is -0.477 e. The van der Waals surface area contributed by atoms with Crippen LogP contribution in [-0.2, 0) is 0 Å². The molecule has 0 aliphatic heterocycles. The molecule has 3 rings (SSSR count). The fraction of sp³-hybridized carbons (Fsp3) is 0.0588. The maximum Gasteiger partial charge on any atom is 0.348 e. The maximum atomic E-state index is 12.3. The monoisotopic (exact) mass is 343 g/mol. The molecule has 4 nitrogen and oxygen atoms in total. The summed E-state index contributed by atoms with van der Waals surface area (Å²) in [5, 5.41) is 12.1. The lowest BCUT2D eigenvalue weighted by Crippen LogP contribution is -2.11. The van der Waals surface area contributed by atoms with Gasteiger partial charge in [-0.2, -0.15) is 0 Å². The van der Waals surface area contributed by atoms with Crippen LogP contribution in [0.4, 0.5) is 5.69 Å². The average Bonchev–Trinajstić information content (AvgIpc) is 3.15. The van der Waals surface area contributed by atoms with Crippen molar-refractivity contribution in [3.8, 4) is 10.4 Å². The number of carbonyl (C=O) groups is 2. The lowest BCUT2D eigenvalue weighted by molar-refractivity contribution is 0.0703. The summed E-state index contributed by atoms with van der Waals surface area (Å²) >= 11 is 2.53. The van der Waals surface area contributed by atoms with Crippen LogP contribution in [-0.4, -0.2) is 17.0 Å². The van der Waals surface area contributed by atoms with Gasteiger partial charge in [0.1, 0.15) is 4.88 Å². The number of nitrogens with one attached hydrogen (secondary N) is 1. The highest BCUT2D eigenvalue weighted by Gasteiger charge is 2.19. The summed E-state index contributed by atoms with van der Waals surface area (Å²) < 4.78 is 0. The van der Waals surface area contributed by atoms with Crippen LogP contribution in [0.25, 0.3) is 10.4 Å². The Kier molecular flexibility index (Phi) is 4.27. The van der Waals surface area contributed by atoms with E-state index in [1.807, 2.05) is 43.3 Å². The Balaban J connectivity index is 1.93. The number of aryl methyl sites for hydroxylation is 1. The third-order valence-electron chi connectivity index (χ3n) is 3.20. The van der Waals surface area contributed by atoms with Gasteiger partial charge in [-0.3, -0.25) is 4.79 Å². The smallest absolute Gasteiger partial charge is 0.348 e. The predicted molar refractivity (Wildman–Crippen MR) is 93.7 cm³/mol. The van der Waals surface area contributed by atoms with Gasteiger partial charge in [-0.1, -0.05) is 30.3 Å². The van der Waals surface area contributed by atoms with E-state index in [4.69, 9.17) is 0 Å². The number of aromatic carboxylic acids is 1. The molecule has 6 heteroatoms. The molecule has 116 valence electrons. The highest BCUT2D eigenvalue weighted by atomic mass is 32.1. The number of benzene rings is 1. The Labute approximate surface area is 141 Å². The summed E-state index contributed by atoms with van der Waals surface area (Å²) in [6.07, 6.45) is 0. The SMILES string of the molecule is Cc1ccc(C(=O)Nc2cc(-c3ccccc3)sc2C(=O)O)s1. The van der Waals surface area contributed by atoms with Gasteiger partial charge in [0, 0.05) is 9.75 Å². The number of carbonyl (C=O) groups excluding carboxylic acids is 1. The van der Waals surface area contributed by atoms with Crippen LogP contribution >= 0.6 is 22.7 Å². The number of rotatable bonds is 4. The molecule has 2 heterocycles. The van der Waals surface area contributed by atoms with Crippen molar-refractivity contribution in [1.29, 1.82) is 0 Å². The van der Waals surface area contributed by atoms with Crippen LogP contribution in [0.3, 0.4) is 0 Å². The molecule has 23 heavy (non-hydrogen) atoms. The van der Waals surface area contributed by atoms with Crippen molar-refractivity contribution in [3.63, 3.8) is 0 Å².